The van der Waals surface area contributed by atoms with Crippen molar-refractivity contribution in [1.29, 1.82) is 0 Å². The maximum absolute atomic E-state index is 12.9. The Morgan fingerprint density at radius 1 is 0.736 bits per heavy atom. The Hall–Kier alpha value is -1.32. The number of nitrogens with one attached hydrogen (secondary N) is 1. The fourth-order valence-corrected chi connectivity index (χ4v) is 6.93. The molecule has 1 amide bonds. The Morgan fingerprint density at radius 2 is 1.25 bits per heavy atom. The van der Waals surface area contributed by atoms with E-state index in [1.165, 1.54) is 89.9 Å². The number of hydrogen-bond acceptors (Lipinski definition) is 6. The lowest BCUT2D eigenvalue weighted by Gasteiger charge is -2.26. The van der Waals surface area contributed by atoms with Crippen molar-refractivity contribution in [3.8, 4) is 0 Å². The standard InChI is InChI=1S/C43H81N2O7P/c1-6-8-10-12-14-16-17-18-19-21-22-24-28-32-40(46)39(38-51-53(48,49)50-37-36-45(3,4)5)44-43(47)35-31-27-26-30-34-42-41(52-42)33-29-25-23-20-15-13-11-9-7-2/h15,20,25-26,29-30,39-42,46H,6-14,16-19,21-24,27-28,31-38H2,1-5H3,(H-,44,47,48,49)/p+1/b20-15-,29-25-,30-26-/t39-,40+,41?,42?/m0/s1. The van der Waals surface area contributed by atoms with E-state index in [0.29, 0.717) is 36.4 Å². The highest BCUT2D eigenvalue weighted by atomic mass is 31.2. The number of likely N-dealkylation sites (N-methyl/N-ethyl adjacent to an activating group) is 1. The first kappa shape index (κ1) is 49.7. The number of quaternary nitrogens is 1. The van der Waals surface area contributed by atoms with Gasteiger partial charge in [0.25, 0.3) is 0 Å². The van der Waals surface area contributed by atoms with Crippen LogP contribution >= 0.6 is 7.82 Å². The molecule has 9 nitrogen and oxygen atoms in total. The quantitative estimate of drug-likeness (QED) is 0.0189. The van der Waals surface area contributed by atoms with Gasteiger partial charge in [-0.2, -0.15) is 0 Å². The van der Waals surface area contributed by atoms with E-state index in [2.05, 4.69) is 55.6 Å². The van der Waals surface area contributed by atoms with Crippen molar-refractivity contribution in [2.75, 3.05) is 40.9 Å². The van der Waals surface area contributed by atoms with Crippen LogP contribution in [0.2, 0.25) is 0 Å². The molecule has 0 aromatic carbocycles. The molecule has 0 radical (unpaired) electrons. The first-order valence-corrected chi connectivity index (χ1v) is 23.0. The van der Waals surface area contributed by atoms with Crippen LogP contribution in [0.5, 0.6) is 0 Å². The van der Waals surface area contributed by atoms with Gasteiger partial charge in [0.1, 0.15) is 13.2 Å². The number of aliphatic hydroxyl groups excluding tert-OH is 1. The fraction of sp³-hybridized carbons (Fsp3) is 0.837. The molecule has 1 saturated heterocycles. The molecular weight excluding hydrogens is 687 g/mol. The number of allylic oxidation sites excluding steroid dienone is 4. The Kier molecular flexibility index (Phi) is 29.9. The second-order valence-electron chi connectivity index (χ2n) is 16.1. The zero-order valence-corrected chi connectivity index (χ0v) is 35.6. The number of hydrogen-bond donors (Lipinski definition) is 3. The second kappa shape index (κ2) is 31.8. The Balaban J connectivity index is 2.37. The van der Waals surface area contributed by atoms with Gasteiger partial charge < -0.3 is 24.5 Å². The molecule has 1 aliphatic heterocycles. The summed E-state index contributed by atoms with van der Waals surface area (Å²) in [5, 5.41) is 13.9. The van der Waals surface area contributed by atoms with Crippen LogP contribution in [0.15, 0.2) is 36.5 Å². The third-order valence-electron chi connectivity index (χ3n) is 9.79. The van der Waals surface area contributed by atoms with Gasteiger partial charge in [0.2, 0.25) is 5.91 Å². The molecular formula is C43H82N2O7P+. The number of rotatable bonds is 37. The van der Waals surface area contributed by atoms with Gasteiger partial charge in [-0.15, -0.1) is 0 Å². The third-order valence-corrected chi connectivity index (χ3v) is 10.8. The molecule has 3 unspecified atom stereocenters. The molecule has 0 aromatic rings. The van der Waals surface area contributed by atoms with Crippen molar-refractivity contribution in [1.82, 2.24) is 5.32 Å². The van der Waals surface area contributed by atoms with Crippen LogP contribution in [0.3, 0.4) is 0 Å². The predicted octanol–water partition coefficient (Wildman–Crippen LogP) is 10.5. The summed E-state index contributed by atoms with van der Waals surface area (Å²) < 4.78 is 29.4. The highest BCUT2D eigenvalue weighted by Crippen LogP contribution is 2.43. The first-order valence-electron chi connectivity index (χ1n) is 21.5. The average molecular weight is 770 g/mol. The van der Waals surface area contributed by atoms with E-state index >= 15 is 0 Å². The monoisotopic (exact) mass is 770 g/mol. The van der Waals surface area contributed by atoms with E-state index in [1.54, 1.807) is 0 Å². The molecule has 10 heteroatoms. The Bertz CT molecular complexity index is 1030. The van der Waals surface area contributed by atoms with Gasteiger partial charge in [0, 0.05) is 6.42 Å². The number of nitrogens with zero attached hydrogens (tertiary/aromatic N) is 1. The summed E-state index contributed by atoms with van der Waals surface area (Å²) in [4.78, 5) is 23.1. The van der Waals surface area contributed by atoms with Gasteiger partial charge in [-0.3, -0.25) is 13.8 Å². The summed E-state index contributed by atoms with van der Waals surface area (Å²) >= 11 is 0. The minimum Gasteiger partial charge on any atom is -0.391 e. The summed E-state index contributed by atoms with van der Waals surface area (Å²) in [7, 11) is 1.57. The van der Waals surface area contributed by atoms with Crippen molar-refractivity contribution < 1.29 is 37.6 Å². The minimum atomic E-state index is -4.33. The van der Waals surface area contributed by atoms with E-state index in [9.17, 15) is 19.4 Å². The molecule has 1 aliphatic rings. The number of carbonyl (C=O) groups is 1. The highest BCUT2D eigenvalue weighted by Gasteiger charge is 2.36. The summed E-state index contributed by atoms with van der Waals surface area (Å²) in [5.41, 5.74) is 0. The lowest BCUT2D eigenvalue weighted by atomic mass is 10.0. The number of amides is 1. The molecule has 310 valence electrons. The van der Waals surface area contributed by atoms with Crippen LogP contribution in [0.4, 0.5) is 0 Å². The summed E-state index contributed by atoms with van der Waals surface area (Å²) in [5.74, 6) is -0.205. The number of aliphatic hydroxyl groups is 1. The van der Waals surface area contributed by atoms with Crippen molar-refractivity contribution in [3.05, 3.63) is 36.5 Å². The third kappa shape index (κ3) is 31.6. The molecule has 0 bridgehead atoms. The minimum absolute atomic E-state index is 0.0605. The zero-order chi connectivity index (χ0) is 39.0. The van der Waals surface area contributed by atoms with Crippen molar-refractivity contribution in [3.63, 3.8) is 0 Å². The van der Waals surface area contributed by atoms with Crippen LogP contribution in [-0.4, -0.2) is 85.6 Å². The van der Waals surface area contributed by atoms with Gasteiger partial charge in [0.05, 0.1) is 52.1 Å². The van der Waals surface area contributed by atoms with E-state index < -0.39 is 20.0 Å². The van der Waals surface area contributed by atoms with E-state index in [0.717, 1.165) is 44.9 Å². The molecule has 5 atom stereocenters. The molecule has 3 N–H and O–H groups in total. The van der Waals surface area contributed by atoms with Crippen LogP contribution < -0.4 is 5.32 Å². The van der Waals surface area contributed by atoms with Gasteiger partial charge in [-0.1, -0.05) is 147 Å². The summed E-state index contributed by atoms with van der Waals surface area (Å²) in [6.45, 7) is 4.78. The topological polar surface area (TPSA) is 118 Å². The normalized spacial score (nSPS) is 18.6. The largest absolute Gasteiger partial charge is 0.472 e. The van der Waals surface area contributed by atoms with Gasteiger partial charge in [-0.05, 0) is 51.4 Å². The number of phosphoric acid groups is 1. The van der Waals surface area contributed by atoms with Crippen molar-refractivity contribution in [2.45, 2.75) is 192 Å². The lowest BCUT2D eigenvalue weighted by Crippen LogP contribution is -2.46. The second-order valence-corrected chi connectivity index (χ2v) is 17.6. The molecule has 0 spiro atoms. The van der Waals surface area contributed by atoms with Crippen LogP contribution in [0.25, 0.3) is 0 Å². The Morgan fingerprint density at radius 3 is 1.85 bits per heavy atom. The predicted molar refractivity (Wildman–Crippen MR) is 221 cm³/mol. The number of phosphoric ester groups is 1. The lowest BCUT2D eigenvalue weighted by molar-refractivity contribution is -0.870. The van der Waals surface area contributed by atoms with E-state index in [-0.39, 0.29) is 25.2 Å². The summed E-state index contributed by atoms with van der Waals surface area (Å²) in [6, 6.07) is -0.794. The van der Waals surface area contributed by atoms with E-state index in [1.807, 2.05) is 21.1 Å². The molecule has 0 aliphatic carbocycles. The first-order chi connectivity index (χ1) is 25.5. The zero-order valence-electron chi connectivity index (χ0n) is 34.7. The highest BCUT2D eigenvalue weighted by molar-refractivity contribution is 7.47. The van der Waals surface area contributed by atoms with Crippen molar-refractivity contribution in [2.24, 2.45) is 0 Å². The van der Waals surface area contributed by atoms with Crippen LogP contribution in [0.1, 0.15) is 168 Å². The molecule has 1 rings (SSSR count). The van der Waals surface area contributed by atoms with Gasteiger partial charge in [-0.25, -0.2) is 4.57 Å². The fourth-order valence-electron chi connectivity index (χ4n) is 6.20. The van der Waals surface area contributed by atoms with Crippen molar-refractivity contribution >= 4 is 13.7 Å². The number of epoxide rings is 1. The van der Waals surface area contributed by atoms with E-state index in [4.69, 9.17) is 13.8 Å². The molecule has 1 fully saturated rings. The Labute approximate surface area is 325 Å². The average Bonchev–Trinajstić information content (AvgIpc) is 3.86. The molecule has 0 saturated carbocycles. The maximum Gasteiger partial charge on any atom is 0.472 e. The van der Waals surface area contributed by atoms with Gasteiger partial charge >= 0.3 is 7.82 Å². The summed E-state index contributed by atoms with van der Waals surface area (Å²) in [6.07, 6.45) is 39.1. The number of carbonyl (C=O) groups excluding carboxylic acids is 1. The number of ether oxygens (including phenoxy) is 1. The van der Waals surface area contributed by atoms with Crippen LogP contribution in [0, 0.1) is 0 Å². The molecule has 1 heterocycles. The maximum atomic E-state index is 12.9. The number of unbranched alkanes of at least 4 members (excludes halogenated alkanes) is 16. The SMILES string of the molecule is CCCCC/C=C\C/C=C\CC1OC1C/C=C\CCCC(=O)N[C@@H](COP(=O)(O)OCC[N+](C)(C)C)[C@H](O)CCCCCCCCCCCCCCC. The van der Waals surface area contributed by atoms with Crippen LogP contribution in [-0.2, 0) is 23.1 Å². The molecule has 53 heavy (non-hydrogen) atoms. The smallest absolute Gasteiger partial charge is 0.391 e. The van der Waals surface area contributed by atoms with Gasteiger partial charge in [0.15, 0.2) is 0 Å². The molecule has 0 aromatic heterocycles.